The van der Waals surface area contributed by atoms with Crippen LogP contribution < -0.4 is 14.8 Å². The molecule has 0 atom stereocenters. The van der Waals surface area contributed by atoms with Gasteiger partial charge < -0.3 is 14.8 Å². The number of halogens is 2. The predicted molar refractivity (Wildman–Crippen MR) is 75.0 cm³/mol. The van der Waals surface area contributed by atoms with Gasteiger partial charge in [0.2, 0.25) is 0 Å². The van der Waals surface area contributed by atoms with Crippen LogP contribution in [0.5, 0.6) is 11.5 Å². The van der Waals surface area contributed by atoms with Gasteiger partial charge in [0.1, 0.15) is 0 Å². The molecule has 21 heavy (non-hydrogen) atoms. The van der Waals surface area contributed by atoms with Crippen LogP contribution in [0.15, 0.2) is 18.2 Å². The molecule has 1 aromatic carbocycles. The summed E-state index contributed by atoms with van der Waals surface area (Å²) in [6, 6.07) is 4.92. The zero-order chi connectivity index (χ0) is 15.4. The number of anilines is 1. The van der Waals surface area contributed by atoms with Gasteiger partial charge in [-0.1, -0.05) is 6.07 Å². The van der Waals surface area contributed by atoms with Crippen LogP contribution in [-0.2, 0) is 6.54 Å². The third-order valence-corrected chi connectivity index (χ3v) is 3.04. The SMILES string of the molecule is COc1ccc(CNc2c(C)n[nH]c2C)cc1OC(F)F. The molecule has 0 aliphatic rings. The van der Waals surface area contributed by atoms with Crippen LogP contribution in [0.25, 0.3) is 0 Å². The highest BCUT2D eigenvalue weighted by Gasteiger charge is 2.12. The first-order valence-corrected chi connectivity index (χ1v) is 6.38. The molecule has 0 amide bonds. The number of hydrogen-bond acceptors (Lipinski definition) is 4. The van der Waals surface area contributed by atoms with Gasteiger partial charge in [-0.05, 0) is 31.5 Å². The van der Waals surface area contributed by atoms with Gasteiger partial charge >= 0.3 is 6.61 Å². The first-order valence-electron chi connectivity index (χ1n) is 6.38. The monoisotopic (exact) mass is 297 g/mol. The number of ether oxygens (including phenoxy) is 2. The van der Waals surface area contributed by atoms with Crippen LogP contribution in [0, 0.1) is 13.8 Å². The summed E-state index contributed by atoms with van der Waals surface area (Å²) in [5, 5.41) is 10.2. The number of rotatable bonds is 6. The smallest absolute Gasteiger partial charge is 0.387 e. The molecule has 0 saturated carbocycles. The van der Waals surface area contributed by atoms with Crippen LogP contribution in [-0.4, -0.2) is 23.9 Å². The third kappa shape index (κ3) is 3.62. The van der Waals surface area contributed by atoms with Crippen LogP contribution in [0.4, 0.5) is 14.5 Å². The molecule has 0 saturated heterocycles. The van der Waals surface area contributed by atoms with Gasteiger partial charge in [0.15, 0.2) is 11.5 Å². The van der Waals surface area contributed by atoms with E-state index in [2.05, 4.69) is 20.3 Å². The molecule has 0 radical (unpaired) electrons. The lowest BCUT2D eigenvalue weighted by atomic mass is 10.2. The Bertz CT molecular complexity index is 595. The van der Waals surface area contributed by atoms with Gasteiger partial charge in [-0.3, -0.25) is 5.10 Å². The van der Waals surface area contributed by atoms with E-state index in [1.807, 2.05) is 13.8 Å². The maximum absolute atomic E-state index is 12.4. The summed E-state index contributed by atoms with van der Waals surface area (Å²) in [6.45, 7) is 1.36. The van der Waals surface area contributed by atoms with Gasteiger partial charge in [0.25, 0.3) is 0 Å². The number of nitrogens with one attached hydrogen (secondary N) is 2. The molecule has 0 fully saturated rings. The number of alkyl halides is 2. The number of nitrogens with zero attached hydrogens (tertiary/aromatic N) is 1. The van der Waals surface area contributed by atoms with Crippen molar-refractivity contribution in [1.29, 1.82) is 0 Å². The van der Waals surface area contributed by atoms with Crippen molar-refractivity contribution in [3.05, 3.63) is 35.2 Å². The van der Waals surface area contributed by atoms with Gasteiger partial charge in [-0.15, -0.1) is 0 Å². The quantitative estimate of drug-likeness (QED) is 0.859. The first kappa shape index (κ1) is 15.1. The number of aromatic nitrogens is 2. The highest BCUT2D eigenvalue weighted by molar-refractivity contribution is 5.52. The van der Waals surface area contributed by atoms with Crippen molar-refractivity contribution in [2.24, 2.45) is 0 Å². The number of hydrogen-bond donors (Lipinski definition) is 2. The summed E-state index contributed by atoms with van der Waals surface area (Å²) >= 11 is 0. The molecule has 0 bridgehead atoms. The molecule has 2 N–H and O–H groups in total. The molecule has 7 heteroatoms. The molecule has 2 rings (SSSR count). The van der Waals surface area contributed by atoms with E-state index < -0.39 is 6.61 Å². The van der Waals surface area contributed by atoms with E-state index in [4.69, 9.17) is 4.74 Å². The van der Waals surface area contributed by atoms with Gasteiger partial charge in [0, 0.05) is 6.54 Å². The Hall–Kier alpha value is -2.31. The minimum atomic E-state index is -2.89. The Kier molecular flexibility index (Phi) is 4.62. The lowest BCUT2D eigenvalue weighted by molar-refractivity contribution is -0.0512. The second kappa shape index (κ2) is 6.43. The molecular formula is C14H17F2N3O2. The second-order valence-electron chi connectivity index (χ2n) is 4.53. The number of aryl methyl sites for hydroxylation is 2. The van der Waals surface area contributed by atoms with E-state index in [1.54, 1.807) is 12.1 Å². The lowest BCUT2D eigenvalue weighted by Gasteiger charge is -2.12. The maximum Gasteiger partial charge on any atom is 0.387 e. The van der Waals surface area contributed by atoms with Crippen molar-refractivity contribution in [1.82, 2.24) is 10.2 Å². The van der Waals surface area contributed by atoms with Crippen LogP contribution in [0.1, 0.15) is 17.0 Å². The van der Waals surface area contributed by atoms with E-state index in [9.17, 15) is 8.78 Å². The molecule has 1 aromatic heterocycles. The summed E-state index contributed by atoms with van der Waals surface area (Å²) in [5.41, 5.74) is 3.48. The highest BCUT2D eigenvalue weighted by atomic mass is 19.3. The number of benzene rings is 1. The van der Waals surface area contributed by atoms with Crippen molar-refractivity contribution >= 4 is 5.69 Å². The first-order chi connectivity index (χ1) is 10.0. The third-order valence-electron chi connectivity index (χ3n) is 3.04. The summed E-state index contributed by atoms with van der Waals surface area (Å²) in [6.07, 6.45) is 0. The Morgan fingerprint density at radius 1 is 1.29 bits per heavy atom. The van der Waals surface area contributed by atoms with E-state index >= 15 is 0 Å². The van der Waals surface area contributed by atoms with Crippen molar-refractivity contribution in [2.45, 2.75) is 27.0 Å². The summed E-state index contributed by atoms with van der Waals surface area (Å²) in [7, 11) is 1.41. The molecule has 0 unspecified atom stereocenters. The molecule has 2 aromatic rings. The normalized spacial score (nSPS) is 10.8. The second-order valence-corrected chi connectivity index (χ2v) is 4.53. The fraction of sp³-hybridized carbons (Fsp3) is 0.357. The molecule has 0 aliphatic heterocycles. The number of H-pyrrole nitrogens is 1. The fourth-order valence-corrected chi connectivity index (χ4v) is 2.02. The summed E-state index contributed by atoms with van der Waals surface area (Å²) in [5.74, 6) is 0.294. The lowest BCUT2D eigenvalue weighted by Crippen LogP contribution is -2.06. The Morgan fingerprint density at radius 3 is 2.62 bits per heavy atom. The maximum atomic E-state index is 12.4. The number of aromatic amines is 1. The Morgan fingerprint density at radius 2 is 2.05 bits per heavy atom. The minimum absolute atomic E-state index is 0.0208. The molecule has 5 nitrogen and oxygen atoms in total. The average Bonchev–Trinajstić information content (AvgIpc) is 2.75. The molecule has 1 heterocycles. The Labute approximate surface area is 121 Å². The van der Waals surface area contributed by atoms with Crippen molar-refractivity contribution in [2.75, 3.05) is 12.4 Å². The Balaban J connectivity index is 2.13. The van der Waals surface area contributed by atoms with Crippen LogP contribution in [0.2, 0.25) is 0 Å². The summed E-state index contributed by atoms with van der Waals surface area (Å²) in [4.78, 5) is 0. The zero-order valence-corrected chi connectivity index (χ0v) is 12.0. The van der Waals surface area contributed by atoms with Crippen LogP contribution >= 0.6 is 0 Å². The largest absolute Gasteiger partial charge is 0.493 e. The van der Waals surface area contributed by atoms with E-state index in [-0.39, 0.29) is 11.5 Å². The zero-order valence-electron chi connectivity index (χ0n) is 12.0. The standard InChI is InChI=1S/C14H17F2N3O2/c1-8-13(9(2)19-18-8)17-7-10-4-5-11(20-3)12(6-10)21-14(15)16/h4-6,14,17H,7H2,1-3H3,(H,18,19). The topological polar surface area (TPSA) is 59.2 Å². The summed E-state index contributed by atoms with van der Waals surface area (Å²) < 4.78 is 34.2. The molecule has 0 spiro atoms. The molecular weight excluding hydrogens is 280 g/mol. The fourth-order valence-electron chi connectivity index (χ4n) is 2.02. The van der Waals surface area contributed by atoms with Crippen LogP contribution in [0.3, 0.4) is 0 Å². The van der Waals surface area contributed by atoms with E-state index in [0.717, 1.165) is 22.6 Å². The average molecular weight is 297 g/mol. The van der Waals surface area contributed by atoms with Gasteiger partial charge in [-0.25, -0.2) is 0 Å². The van der Waals surface area contributed by atoms with Crippen molar-refractivity contribution in [3.63, 3.8) is 0 Å². The molecule has 114 valence electrons. The minimum Gasteiger partial charge on any atom is -0.493 e. The highest BCUT2D eigenvalue weighted by Crippen LogP contribution is 2.30. The van der Waals surface area contributed by atoms with Crippen molar-refractivity contribution in [3.8, 4) is 11.5 Å². The van der Waals surface area contributed by atoms with Gasteiger partial charge in [-0.2, -0.15) is 13.9 Å². The van der Waals surface area contributed by atoms with E-state index in [1.165, 1.54) is 13.2 Å². The van der Waals surface area contributed by atoms with Gasteiger partial charge in [0.05, 0.1) is 24.2 Å². The predicted octanol–water partition coefficient (Wildman–Crippen LogP) is 3.25. The van der Waals surface area contributed by atoms with Crippen molar-refractivity contribution < 1.29 is 18.3 Å². The van der Waals surface area contributed by atoms with E-state index in [0.29, 0.717) is 6.54 Å². The molecule has 0 aliphatic carbocycles. The number of methoxy groups -OCH3 is 1.